The fourth-order valence-corrected chi connectivity index (χ4v) is 3.53. The van der Waals surface area contributed by atoms with Crippen LogP contribution >= 0.6 is 0 Å². The number of pyridine rings is 2. The molecule has 3 heterocycles. The lowest BCUT2D eigenvalue weighted by Crippen LogP contribution is -2.44. The minimum atomic E-state index is -0.195. The van der Waals surface area contributed by atoms with Crippen molar-refractivity contribution in [1.82, 2.24) is 15.3 Å². The van der Waals surface area contributed by atoms with Crippen molar-refractivity contribution in [3.63, 3.8) is 0 Å². The highest BCUT2D eigenvalue weighted by Crippen LogP contribution is 2.24. The van der Waals surface area contributed by atoms with Crippen LogP contribution in [-0.2, 0) is 22.4 Å². The molecule has 1 N–H and O–H groups in total. The predicted octanol–water partition coefficient (Wildman–Crippen LogP) is 3.11. The van der Waals surface area contributed by atoms with Crippen LogP contribution in [0.3, 0.4) is 0 Å². The number of nitrogens with zero attached hydrogens (tertiary/aromatic N) is 2. The second kappa shape index (κ2) is 9.84. The number of rotatable bonds is 8. The van der Waals surface area contributed by atoms with Gasteiger partial charge in [-0.1, -0.05) is 6.07 Å². The van der Waals surface area contributed by atoms with Gasteiger partial charge in [-0.2, -0.15) is 0 Å². The minimum Gasteiger partial charge on any atom is -0.497 e. The summed E-state index contributed by atoms with van der Waals surface area (Å²) in [6, 6.07) is 12.0. The SMILES string of the molecule is COc1ccc2nccc(CC[C@H]3OC[C@H](NCc4ccc(OC)nc4)CO3)c2c1. The Morgan fingerprint density at radius 2 is 1.90 bits per heavy atom. The van der Waals surface area contributed by atoms with Crippen molar-refractivity contribution in [2.24, 2.45) is 0 Å². The molecule has 0 bridgehead atoms. The van der Waals surface area contributed by atoms with Crippen LogP contribution in [0.1, 0.15) is 17.5 Å². The minimum absolute atomic E-state index is 0.161. The van der Waals surface area contributed by atoms with Gasteiger partial charge in [-0.15, -0.1) is 0 Å². The van der Waals surface area contributed by atoms with Gasteiger partial charge in [0.05, 0.1) is 39.0 Å². The lowest BCUT2D eigenvalue weighted by atomic mass is 10.0. The Morgan fingerprint density at radius 1 is 1.03 bits per heavy atom. The lowest BCUT2D eigenvalue weighted by molar-refractivity contribution is -0.192. The molecule has 7 heteroatoms. The molecule has 1 fully saturated rings. The van der Waals surface area contributed by atoms with Gasteiger partial charge >= 0.3 is 0 Å². The van der Waals surface area contributed by atoms with Crippen LogP contribution in [0.25, 0.3) is 10.9 Å². The maximum Gasteiger partial charge on any atom is 0.212 e. The van der Waals surface area contributed by atoms with Gasteiger partial charge in [0.1, 0.15) is 5.75 Å². The molecule has 0 amide bonds. The van der Waals surface area contributed by atoms with Crippen molar-refractivity contribution in [3.8, 4) is 11.6 Å². The van der Waals surface area contributed by atoms with Gasteiger partial charge in [-0.3, -0.25) is 4.98 Å². The predicted molar refractivity (Wildman–Crippen MR) is 114 cm³/mol. The summed E-state index contributed by atoms with van der Waals surface area (Å²) in [6.45, 7) is 1.96. The van der Waals surface area contributed by atoms with Crippen molar-refractivity contribution >= 4 is 10.9 Å². The Labute approximate surface area is 176 Å². The quantitative estimate of drug-likeness (QED) is 0.613. The fraction of sp³-hybridized carbons (Fsp3) is 0.391. The van der Waals surface area contributed by atoms with E-state index in [0.29, 0.717) is 25.6 Å². The molecular formula is C23H27N3O4. The third-order valence-electron chi connectivity index (χ3n) is 5.26. The Kier molecular flexibility index (Phi) is 6.74. The average molecular weight is 409 g/mol. The second-order valence-electron chi connectivity index (χ2n) is 7.27. The molecule has 0 radical (unpaired) electrons. The topological polar surface area (TPSA) is 74.7 Å². The summed E-state index contributed by atoms with van der Waals surface area (Å²) in [5.41, 5.74) is 3.28. The summed E-state index contributed by atoms with van der Waals surface area (Å²) in [6.07, 6.45) is 5.12. The van der Waals surface area contributed by atoms with E-state index in [1.165, 1.54) is 5.56 Å². The van der Waals surface area contributed by atoms with Crippen LogP contribution < -0.4 is 14.8 Å². The number of aromatic nitrogens is 2. The van der Waals surface area contributed by atoms with Gasteiger partial charge in [-0.25, -0.2) is 4.98 Å². The largest absolute Gasteiger partial charge is 0.497 e. The standard InChI is InChI=1S/C23H27N3O4/c1-27-19-5-6-21-20(11-19)17(9-10-24-21)4-8-23-29-14-18(15-30-23)25-12-16-3-7-22(28-2)26-13-16/h3,5-7,9-11,13,18,23,25H,4,8,12,14-15H2,1-2H3/t18-,23-. The van der Waals surface area contributed by atoms with Gasteiger partial charge in [0.25, 0.3) is 0 Å². The molecule has 0 aliphatic carbocycles. The molecule has 0 spiro atoms. The summed E-state index contributed by atoms with van der Waals surface area (Å²) < 4.78 is 22.3. The molecule has 1 saturated heterocycles. The van der Waals surface area contributed by atoms with E-state index in [2.05, 4.69) is 21.4 Å². The maximum atomic E-state index is 5.93. The molecular weight excluding hydrogens is 382 g/mol. The first-order valence-electron chi connectivity index (χ1n) is 10.1. The van der Waals surface area contributed by atoms with Crippen molar-refractivity contribution in [2.45, 2.75) is 31.7 Å². The first-order chi connectivity index (χ1) is 14.7. The number of ether oxygens (including phenoxy) is 4. The van der Waals surface area contributed by atoms with E-state index >= 15 is 0 Å². The highest BCUT2D eigenvalue weighted by atomic mass is 16.7. The fourth-order valence-electron chi connectivity index (χ4n) is 3.53. The molecule has 3 aromatic rings. The van der Waals surface area contributed by atoms with E-state index in [1.54, 1.807) is 14.2 Å². The third kappa shape index (κ3) is 5.05. The third-order valence-corrected chi connectivity index (χ3v) is 5.26. The van der Waals surface area contributed by atoms with Gasteiger partial charge in [0, 0.05) is 36.8 Å². The Hall–Kier alpha value is -2.74. The molecule has 30 heavy (non-hydrogen) atoms. The van der Waals surface area contributed by atoms with E-state index in [1.807, 2.05) is 42.7 Å². The van der Waals surface area contributed by atoms with Crippen molar-refractivity contribution < 1.29 is 18.9 Å². The first kappa shape index (κ1) is 20.5. The average Bonchev–Trinajstić information content (AvgIpc) is 2.82. The van der Waals surface area contributed by atoms with Crippen LogP contribution in [0.2, 0.25) is 0 Å². The smallest absolute Gasteiger partial charge is 0.212 e. The molecule has 2 aromatic heterocycles. The van der Waals surface area contributed by atoms with Crippen LogP contribution in [0.5, 0.6) is 11.6 Å². The lowest BCUT2D eigenvalue weighted by Gasteiger charge is -2.30. The number of methoxy groups -OCH3 is 2. The van der Waals surface area contributed by atoms with Gasteiger partial charge < -0.3 is 24.3 Å². The summed E-state index contributed by atoms with van der Waals surface area (Å²) in [5, 5.41) is 4.56. The molecule has 1 aliphatic rings. The monoisotopic (exact) mass is 409 g/mol. The van der Waals surface area contributed by atoms with Gasteiger partial charge in [0.2, 0.25) is 5.88 Å². The zero-order valence-electron chi connectivity index (χ0n) is 17.3. The van der Waals surface area contributed by atoms with Crippen molar-refractivity contribution in [1.29, 1.82) is 0 Å². The molecule has 158 valence electrons. The number of hydrogen-bond donors (Lipinski definition) is 1. The van der Waals surface area contributed by atoms with E-state index in [9.17, 15) is 0 Å². The van der Waals surface area contributed by atoms with Crippen LogP contribution in [0, 0.1) is 0 Å². The molecule has 1 aromatic carbocycles. The van der Waals surface area contributed by atoms with E-state index in [0.717, 1.165) is 35.1 Å². The highest BCUT2D eigenvalue weighted by Gasteiger charge is 2.22. The van der Waals surface area contributed by atoms with E-state index < -0.39 is 0 Å². The number of aryl methyl sites for hydroxylation is 1. The Bertz CT molecular complexity index is 956. The summed E-state index contributed by atoms with van der Waals surface area (Å²) in [4.78, 5) is 8.66. The first-order valence-corrected chi connectivity index (χ1v) is 10.1. The van der Waals surface area contributed by atoms with Gasteiger partial charge in [0.15, 0.2) is 6.29 Å². The van der Waals surface area contributed by atoms with Crippen LogP contribution in [0.4, 0.5) is 0 Å². The molecule has 0 saturated carbocycles. The summed E-state index contributed by atoms with van der Waals surface area (Å²) in [7, 11) is 3.29. The van der Waals surface area contributed by atoms with Crippen molar-refractivity contribution in [3.05, 3.63) is 59.9 Å². The van der Waals surface area contributed by atoms with Crippen LogP contribution in [-0.4, -0.2) is 49.7 Å². The van der Waals surface area contributed by atoms with E-state index in [4.69, 9.17) is 18.9 Å². The zero-order valence-corrected chi connectivity index (χ0v) is 17.3. The normalized spacial score (nSPS) is 19.0. The summed E-state index contributed by atoms with van der Waals surface area (Å²) in [5.74, 6) is 1.45. The van der Waals surface area contributed by atoms with Gasteiger partial charge in [-0.05, 0) is 41.8 Å². The number of nitrogens with one attached hydrogen (secondary N) is 1. The van der Waals surface area contributed by atoms with E-state index in [-0.39, 0.29) is 12.3 Å². The molecule has 4 rings (SSSR count). The molecule has 0 unspecified atom stereocenters. The zero-order chi connectivity index (χ0) is 20.8. The second-order valence-corrected chi connectivity index (χ2v) is 7.27. The number of hydrogen-bond acceptors (Lipinski definition) is 7. The molecule has 1 aliphatic heterocycles. The molecule has 0 atom stereocenters. The summed E-state index contributed by atoms with van der Waals surface area (Å²) >= 11 is 0. The van der Waals surface area contributed by atoms with Crippen molar-refractivity contribution in [2.75, 3.05) is 27.4 Å². The Balaban J connectivity index is 1.25. The number of benzene rings is 1. The highest BCUT2D eigenvalue weighted by molar-refractivity contribution is 5.83. The maximum absolute atomic E-state index is 5.93. The van der Waals surface area contributed by atoms with Crippen LogP contribution in [0.15, 0.2) is 48.8 Å². The number of fused-ring (bicyclic) bond motifs is 1. The Morgan fingerprint density at radius 3 is 2.63 bits per heavy atom. The molecule has 7 nitrogen and oxygen atoms in total.